The molecule has 1 heterocycles. The molecule has 0 unspecified atom stereocenters. The van der Waals surface area contributed by atoms with E-state index in [2.05, 4.69) is 25.1 Å². The van der Waals surface area contributed by atoms with E-state index in [-0.39, 0.29) is 6.61 Å². The van der Waals surface area contributed by atoms with Crippen LogP contribution in [0.5, 0.6) is 0 Å². The van der Waals surface area contributed by atoms with Crippen LogP contribution in [0.4, 0.5) is 0 Å². The van der Waals surface area contributed by atoms with Crippen LogP contribution in [-0.4, -0.2) is 21.5 Å². The van der Waals surface area contributed by atoms with Crippen molar-refractivity contribution in [1.82, 2.24) is 9.78 Å². The first kappa shape index (κ1) is 11.2. The number of hydrogen-bond donors (Lipinski definition) is 1. The second-order valence-corrected chi connectivity index (χ2v) is 3.54. The van der Waals surface area contributed by atoms with Gasteiger partial charge in [0.2, 0.25) is 0 Å². The van der Waals surface area contributed by atoms with Gasteiger partial charge in [-0.1, -0.05) is 20.3 Å². The molecule has 3 nitrogen and oxygen atoms in total. The van der Waals surface area contributed by atoms with Crippen molar-refractivity contribution in [1.29, 1.82) is 0 Å². The molecule has 0 atom stereocenters. The Hall–Kier alpha value is -0.830. The lowest BCUT2D eigenvalue weighted by atomic mass is 10.1. The number of aliphatic hydroxyl groups is 1. The van der Waals surface area contributed by atoms with Crippen LogP contribution in [0.3, 0.4) is 0 Å². The monoisotopic (exact) mass is 196 g/mol. The molecule has 0 spiro atoms. The largest absolute Gasteiger partial charge is 0.396 e. The lowest BCUT2D eigenvalue weighted by Crippen LogP contribution is -2.01. The standard InChI is InChI=1S/C11H20N2O/c1-3-6-11-10(4-2)9-13(12-11)7-5-8-14/h9,14H,3-8H2,1-2H3. The zero-order valence-corrected chi connectivity index (χ0v) is 9.16. The predicted molar refractivity (Wildman–Crippen MR) is 57.3 cm³/mol. The number of rotatable bonds is 6. The molecule has 1 rings (SSSR count). The molecule has 1 aromatic heterocycles. The molecule has 1 N–H and O–H groups in total. The molecule has 3 heteroatoms. The van der Waals surface area contributed by atoms with E-state index < -0.39 is 0 Å². The van der Waals surface area contributed by atoms with Gasteiger partial charge in [0.1, 0.15) is 0 Å². The normalized spacial score (nSPS) is 10.8. The molecule has 0 saturated carbocycles. The summed E-state index contributed by atoms with van der Waals surface area (Å²) in [5, 5.41) is 13.2. The van der Waals surface area contributed by atoms with Gasteiger partial charge in [-0.15, -0.1) is 0 Å². The maximum atomic E-state index is 8.72. The Labute approximate surface area is 85.8 Å². The summed E-state index contributed by atoms with van der Waals surface area (Å²) in [4.78, 5) is 0. The van der Waals surface area contributed by atoms with E-state index >= 15 is 0 Å². The van der Waals surface area contributed by atoms with Crippen molar-refractivity contribution in [3.05, 3.63) is 17.5 Å². The van der Waals surface area contributed by atoms with Crippen LogP contribution in [-0.2, 0) is 19.4 Å². The first-order valence-corrected chi connectivity index (χ1v) is 5.47. The van der Waals surface area contributed by atoms with E-state index in [1.54, 1.807) is 0 Å². The van der Waals surface area contributed by atoms with Crippen molar-refractivity contribution in [2.45, 2.75) is 46.1 Å². The average molecular weight is 196 g/mol. The highest BCUT2D eigenvalue weighted by Crippen LogP contribution is 2.10. The molecule has 80 valence electrons. The summed E-state index contributed by atoms with van der Waals surface area (Å²) in [7, 11) is 0. The third-order valence-electron chi connectivity index (χ3n) is 2.34. The molecular weight excluding hydrogens is 176 g/mol. The van der Waals surface area contributed by atoms with E-state index in [0.29, 0.717) is 0 Å². The first-order valence-electron chi connectivity index (χ1n) is 5.47. The van der Waals surface area contributed by atoms with Crippen LogP contribution in [0.1, 0.15) is 37.9 Å². The summed E-state index contributed by atoms with van der Waals surface area (Å²) in [5.41, 5.74) is 2.58. The van der Waals surface area contributed by atoms with E-state index in [1.165, 1.54) is 11.3 Å². The van der Waals surface area contributed by atoms with Gasteiger partial charge in [-0.25, -0.2) is 0 Å². The molecular formula is C11H20N2O. The summed E-state index contributed by atoms with van der Waals surface area (Å²) >= 11 is 0. The van der Waals surface area contributed by atoms with E-state index in [1.807, 2.05) is 4.68 Å². The Kier molecular flexibility index (Phi) is 4.66. The van der Waals surface area contributed by atoms with Crippen LogP contribution in [0.15, 0.2) is 6.20 Å². The molecule has 0 amide bonds. The van der Waals surface area contributed by atoms with Crippen molar-refractivity contribution in [3.8, 4) is 0 Å². The fraction of sp³-hybridized carbons (Fsp3) is 0.727. The number of nitrogens with zero attached hydrogens (tertiary/aromatic N) is 2. The van der Waals surface area contributed by atoms with E-state index in [0.717, 1.165) is 32.2 Å². The molecule has 0 radical (unpaired) electrons. The third-order valence-corrected chi connectivity index (χ3v) is 2.34. The SMILES string of the molecule is CCCc1nn(CCCO)cc1CC. The molecule has 0 aliphatic heterocycles. The van der Waals surface area contributed by atoms with Gasteiger partial charge in [0.05, 0.1) is 5.69 Å². The maximum absolute atomic E-state index is 8.72. The minimum Gasteiger partial charge on any atom is -0.396 e. The summed E-state index contributed by atoms with van der Waals surface area (Å²) in [5.74, 6) is 0. The maximum Gasteiger partial charge on any atom is 0.0656 e. The molecule has 0 saturated heterocycles. The van der Waals surface area contributed by atoms with Crippen molar-refractivity contribution in [3.63, 3.8) is 0 Å². The van der Waals surface area contributed by atoms with Gasteiger partial charge in [0.25, 0.3) is 0 Å². The van der Waals surface area contributed by atoms with Gasteiger partial charge in [-0.3, -0.25) is 4.68 Å². The fourth-order valence-corrected chi connectivity index (χ4v) is 1.59. The fourth-order valence-electron chi connectivity index (χ4n) is 1.59. The second-order valence-electron chi connectivity index (χ2n) is 3.54. The Bertz CT molecular complexity index is 268. The van der Waals surface area contributed by atoms with Crippen LogP contribution >= 0.6 is 0 Å². The summed E-state index contributed by atoms with van der Waals surface area (Å²) < 4.78 is 1.96. The van der Waals surface area contributed by atoms with Gasteiger partial charge >= 0.3 is 0 Å². The molecule has 0 bridgehead atoms. The highest BCUT2D eigenvalue weighted by atomic mass is 16.3. The zero-order chi connectivity index (χ0) is 10.4. The van der Waals surface area contributed by atoms with E-state index in [4.69, 9.17) is 5.11 Å². The minimum atomic E-state index is 0.241. The smallest absolute Gasteiger partial charge is 0.0656 e. The molecule has 14 heavy (non-hydrogen) atoms. The van der Waals surface area contributed by atoms with Crippen molar-refractivity contribution in [2.24, 2.45) is 0 Å². The molecule has 0 aliphatic carbocycles. The van der Waals surface area contributed by atoms with E-state index in [9.17, 15) is 0 Å². The molecule has 0 fully saturated rings. The summed E-state index contributed by atoms with van der Waals surface area (Å²) in [6.45, 7) is 5.40. The number of aromatic nitrogens is 2. The highest BCUT2D eigenvalue weighted by molar-refractivity contribution is 5.16. The summed E-state index contributed by atoms with van der Waals surface area (Å²) in [6, 6.07) is 0. The van der Waals surface area contributed by atoms with Crippen molar-refractivity contribution < 1.29 is 5.11 Å². The topological polar surface area (TPSA) is 38.0 Å². The second kappa shape index (κ2) is 5.81. The molecule has 1 aromatic rings. The Morgan fingerprint density at radius 1 is 1.43 bits per heavy atom. The van der Waals surface area contributed by atoms with Crippen LogP contribution in [0.25, 0.3) is 0 Å². The van der Waals surface area contributed by atoms with Crippen molar-refractivity contribution in [2.75, 3.05) is 6.61 Å². The van der Waals surface area contributed by atoms with Gasteiger partial charge in [-0.2, -0.15) is 5.10 Å². The first-order chi connectivity index (χ1) is 6.81. The Morgan fingerprint density at radius 2 is 2.21 bits per heavy atom. The highest BCUT2D eigenvalue weighted by Gasteiger charge is 2.05. The van der Waals surface area contributed by atoms with Crippen molar-refractivity contribution >= 4 is 0 Å². The Morgan fingerprint density at radius 3 is 2.79 bits per heavy atom. The van der Waals surface area contributed by atoms with Gasteiger partial charge in [0, 0.05) is 19.3 Å². The number of hydrogen-bond acceptors (Lipinski definition) is 2. The Balaban J connectivity index is 2.67. The van der Waals surface area contributed by atoms with Gasteiger partial charge < -0.3 is 5.11 Å². The number of aliphatic hydroxyl groups excluding tert-OH is 1. The lowest BCUT2D eigenvalue weighted by Gasteiger charge is -1.97. The predicted octanol–water partition coefficient (Wildman–Crippen LogP) is 1.78. The average Bonchev–Trinajstić information content (AvgIpc) is 2.58. The minimum absolute atomic E-state index is 0.241. The van der Waals surface area contributed by atoms with Gasteiger partial charge in [-0.05, 0) is 24.8 Å². The number of aryl methyl sites for hydroxylation is 3. The summed E-state index contributed by atoms with van der Waals surface area (Å²) in [6.07, 6.45) is 6.16. The zero-order valence-electron chi connectivity index (χ0n) is 9.16. The molecule has 0 aromatic carbocycles. The van der Waals surface area contributed by atoms with Crippen LogP contribution in [0, 0.1) is 0 Å². The van der Waals surface area contributed by atoms with Gasteiger partial charge in [0.15, 0.2) is 0 Å². The van der Waals surface area contributed by atoms with Crippen LogP contribution in [0.2, 0.25) is 0 Å². The third kappa shape index (κ3) is 2.84. The molecule has 0 aliphatic rings. The quantitative estimate of drug-likeness (QED) is 0.753. The van der Waals surface area contributed by atoms with Crippen LogP contribution < -0.4 is 0 Å². The lowest BCUT2D eigenvalue weighted by molar-refractivity contribution is 0.277.